The summed E-state index contributed by atoms with van der Waals surface area (Å²) in [5, 5.41) is 12.4. The maximum Gasteiger partial charge on any atom is 0.406 e. The Hall–Kier alpha value is -1.61. The highest BCUT2D eigenvalue weighted by atomic mass is 32.1. The molecule has 1 saturated heterocycles. The molecule has 12 nitrogen and oxygen atoms in total. The van der Waals surface area contributed by atoms with Gasteiger partial charge in [0.05, 0.1) is 19.3 Å². The van der Waals surface area contributed by atoms with Crippen molar-refractivity contribution < 1.29 is 41.8 Å². The van der Waals surface area contributed by atoms with Crippen LogP contribution in [0.3, 0.4) is 0 Å². The zero-order chi connectivity index (χ0) is 25.0. The van der Waals surface area contributed by atoms with Gasteiger partial charge in [0.15, 0.2) is 6.10 Å². The lowest BCUT2D eigenvalue weighted by molar-refractivity contribution is -0.149. The number of rotatable bonds is 11. The fourth-order valence-electron chi connectivity index (χ4n) is 2.78. The average molecular weight is 516 g/mol. The first-order valence-electron chi connectivity index (χ1n) is 9.85. The number of aliphatic hydroxyl groups excluding tert-OH is 1. The van der Waals surface area contributed by atoms with Gasteiger partial charge >= 0.3 is 25.3 Å². The molecule has 2 rings (SSSR count). The van der Waals surface area contributed by atoms with Gasteiger partial charge < -0.3 is 20.3 Å². The fraction of sp³-hybridized carbons (Fsp3) is 0.706. The van der Waals surface area contributed by atoms with Crippen molar-refractivity contribution >= 4 is 32.2 Å². The third kappa shape index (κ3) is 6.94. The van der Waals surface area contributed by atoms with E-state index in [4.69, 9.17) is 24.3 Å². The Kier molecular flexibility index (Phi) is 9.39. The van der Waals surface area contributed by atoms with E-state index < -0.39 is 62.5 Å². The van der Waals surface area contributed by atoms with Crippen LogP contribution in [-0.2, 0) is 27.9 Å². The highest BCUT2D eigenvalue weighted by Crippen LogP contribution is 2.47. The standard InChI is InChI=1S/C17H27F2N4O8PS/c1-9(2)30-14(25)10(3)22-32(27,28-6-7-33)29-8-11-13(24)17(18,19)15(31-11)23-5-4-12(20)21-16(23)26/h4-5,9-11,13,15,24,33H,6-8H2,1-3H3,(H,22,27)(H2,20,21,26)/t10?,11-,13?,15-,32?/m1/s1. The number of anilines is 1. The van der Waals surface area contributed by atoms with Crippen molar-refractivity contribution in [3.63, 3.8) is 0 Å². The molecule has 1 aliphatic rings. The second kappa shape index (κ2) is 11.2. The molecule has 4 N–H and O–H groups in total. The molecule has 1 aromatic heterocycles. The van der Waals surface area contributed by atoms with Crippen molar-refractivity contribution in [1.29, 1.82) is 0 Å². The van der Waals surface area contributed by atoms with Crippen LogP contribution in [0.4, 0.5) is 14.6 Å². The SMILES string of the molecule is CC(C)OC(=O)C(C)NP(=O)(OCCS)OC[C@H]1O[C@@H](n2ccc(N)nc2=O)C(F)(F)C1O. The number of nitrogens with two attached hydrogens (primary N) is 1. The van der Waals surface area contributed by atoms with Gasteiger partial charge in [-0.1, -0.05) is 0 Å². The van der Waals surface area contributed by atoms with Crippen molar-refractivity contribution in [2.45, 2.75) is 57.3 Å². The molecule has 1 aromatic rings. The van der Waals surface area contributed by atoms with Gasteiger partial charge in [-0.3, -0.25) is 18.4 Å². The van der Waals surface area contributed by atoms with Gasteiger partial charge in [0, 0.05) is 11.9 Å². The summed E-state index contributed by atoms with van der Waals surface area (Å²) in [4.78, 5) is 27.3. The van der Waals surface area contributed by atoms with Crippen molar-refractivity contribution in [1.82, 2.24) is 14.6 Å². The van der Waals surface area contributed by atoms with E-state index in [1.807, 2.05) is 0 Å². The van der Waals surface area contributed by atoms with Crippen molar-refractivity contribution in [3.8, 4) is 0 Å². The Bertz CT molecular complexity index is 937. The number of halogens is 2. The maximum atomic E-state index is 14.6. The fourth-order valence-corrected chi connectivity index (χ4v) is 4.49. The number of thiol groups is 1. The van der Waals surface area contributed by atoms with Gasteiger partial charge in [0.25, 0.3) is 0 Å². The molecule has 1 aliphatic heterocycles. The number of hydrogen-bond acceptors (Lipinski definition) is 11. The van der Waals surface area contributed by atoms with Crippen LogP contribution in [0, 0.1) is 0 Å². The number of carbonyl (C=O) groups is 1. The van der Waals surface area contributed by atoms with Gasteiger partial charge in [-0.25, -0.2) is 14.4 Å². The van der Waals surface area contributed by atoms with E-state index in [0.29, 0.717) is 4.57 Å². The molecule has 0 aliphatic carbocycles. The maximum absolute atomic E-state index is 14.6. The lowest BCUT2D eigenvalue weighted by Gasteiger charge is -2.24. The number of nitrogens with one attached hydrogen (secondary N) is 1. The number of ether oxygens (including phenoxy) is 2. The number of aromatic nitrogens is 2. The summed E-state index contributed by atoms with van der Waals surface area (Å²) < 4.78 is 63.3. The molecule has 3 unspecified atom stereocenters. The average Bonchev–Trinajstić information content (AvgIpc) is 2.94. The van der Waals surface area contributed by atoms with Crippen LogP contribution in [0.25, 0.3) is 0 Å². The molecular formula is C17H27F2N4O8PS. The second-order valence-corrected chi connectivity index (χ2v) is 9.59. The molecule has 0 saturated carbocycles. The molecule has 188 valence electrons. The predicted molar refractivity (Wildman–Crippen MR) is 115 cm³/mol. The highest BCUT2D eigenvalue weighted by Gasteiger charge is 2.60. The van der Waals surface area contributed by atoms with Crippen molar-refractivity contribution in [2.75, 3.05) is 24.7 Å². The molecule has 0 amide bonds. The third-order valence-electron chi connectivity index (χ3n) is 4.30. The predicted octanol–water partition coefficient (Wildman–Crippen LogP) is 0.720. The second-order valence-electron chi connectivity index (χ2n) is 7.38. The van der Waals surface area contributed by atoms with Gasteiger partial charge in [-0.05, 0) is 26.8 Å². The smallest absolute Gasteiger partial charge is 0.406 e. The van der Waals surface area contributed by atoms with Gasteiger partial charge in [-0.15, -0.1) is 0 Å². The largest absolute Gasteiger partial charge is 0.462 e. The zero-order valence-electron chi connectivity index (χ0n) is 18.1. The van der Waals surface area contributed by atoms with Crippen LogP contribution in [0.2, 0.25) is 0 Å². The molecule has 5 atom stereocenters. The number of alkyl halides is 2. The molecule has 16 heteroatoms. The first kappa shape index (κ1) is 27.6. The topological polar surface area (TPSA) is 164 Å². The van der Waals surface area contributed by atoms with Crippen molar-refractivity contribution in [2.24, 2.45) is 0 Å². The monoisotopic (exact) mass is 516 g/mol. The van der Waals surface area contributed by atoms with E-state index in [2.05, 4.69) is 22.7 Å². The van der Waals surface area contributed by atoms with Crippen LogP contribution in [0.1, 0.15) is 27.0 Å². The number of nitrogens with zero attached hydrogens (tertiary/aromatic N) is 2. The van der Waals surface area contributed by atoms with E-state index in [0.717, 1.165) is 12.3 Å². The molecule has 2 heterocycles. The Morgan fingerprint density at radius 2 is 2.12 bits per heavy atom. The van der Waals surface area contributed by atoms with Crippen LogP contribution in [-0.4, -0.2) is 69.9 Å². The Labute approximate surface area is 193 Å². The first-order chi connectivity index (χ1) is 15.3. The lowest BCUT2D eigenvalue weighted by Crippen LogP contribution is -2.42. The van der Waals surface area contributed by atoms with Crippen LogP contribution < -0.4 is 16.5 Å². The number of carbonyl (C=O) groups excluding carboxylic acids is 1. The van der Waals surface area contributed by atoms with E-state index in [9.17, 15) is 28.0 Å². The minimum absolute atomic E-state index is 0.135. The Morgan fingerprint density at radius 1 is 1.45 bits per heavy atom. The van der Waals surface area contributed by atoms with Crippen LogP contribution >= 0.6 is 20.4 Å². The number of aliphatic hydroxyl groups is 1. The third-order valence-corrected chi connectivity index (χ3v) is 6.20. The van der Waals surface area contributed by atoms with Crippen LogP contribution in [0.15, 0.2) is 17.1 Å². The van der Waals surface area contributed by atoms with E-state index >= 15 is 0 Å². The van der Waals surface area contributed by atoms with E-state index in [1.54, 1.807) is 13.8 Å². The van der Waals surface area contributed by atoms with Gasteiger partial charge in [0.2, 0.25) is 6.23 Å². The van der Waals surface area contributed by atoms with E-state index in [1.165, 1.54) is 6.92 Å². The molecule has 0 radical (unpaired) electrons. The molecule has 1 fully saturated rings. The lowest BCUT2D eigenvalue weighted by atomic mass is 10.1. The highest BCUT2D eigenvalue weighted by molar-refractivity contribution is 7.80. The zero-order valence-corrected chi connectivity index (χ0v) is 19.9. The Balaban J connectivity index is 2.15. The first-order valence-corrected chi connectivity index (χ1v) is 12.0. The molecule has 0 bridgehead atoms. The number of hydrogen-bond donors (Lipinski definition) is 4. The van der Waals surface area contributed by atoms with Gasteiger partial charge in [0.1, 0.15) is 18.0 Å². The molecular weight excluding hydrogens is 489 g/mol. The minimum Gasteiger partial charge on any atom is -0.462 e. The molecule has 0 aromatic carbocycles. The number of nitrogen functional groups attached to an aromatic ring is 1. The summed E-state index contributed by atoms with van der Waals surface area (Å²) in [6.07, 6.45) is -5.83. The molecule has 0 spiro atoms. The minimum atomic E-state index is -4.25. The molecule has 33 heavy (non-hydrogen) atoms. The number of esters is 1. The van der Waals surface area contributed by atoms with E-state index in [-0.39, 0.29) is 18.2 Å². The Morgan fingerprint density at radius 3 is 2.70 bits per heavy atom. The summed E-state index contributed by atoms with van der Waals surface area (Å²) in [6, 6.07) is -0.0286. The van der Waals surface area contributed by atoms with Crippen LogP contribution in [0.5, 0.6) is 0 Å². The summed E-state index contributed by atoms with van der Waals surface area (Å²) >= 11 is 3.94. The normalized spacial score (nSPS) is 25.0. The summed E-state index contributed by atoms with van der Waals surface area (Å²) in [5.74, 6) is -4.72. The quantitative estimate of drug-likeness (QED) is 0.186. The summed E-state index contributed by atoms with van der Waals surface area (Å²) in [6.45, 7) is 3.59. The summed E-state index contributed by atoms with van der Waals surface area (Å²) in [7, 11) is -4.25. The summed E-state index contributed by atoms with van der Waals surface area (Å²) in [5.41, 5.74) is 4.24. The van der Waals surface area contributed by atoms with Gasteiger partial charge in [-0.2, -0.15) is 26.4 Å². The van der Waals surface area contributed by atoms with Crippen molar-refractivity contribution in [3.05, 3.63) is 22.7 Å².